The Kier molecular flexibility index (Phi) is 6.23. The number of anilines is 1. The third-order valence-electron chi connectivity index (χ3n) is 4.03. The molecule has 0 spiro atoms. The highest BCUT2D eigenvalue weighted by Crippen LogP contribution is 2.15. The fourth-order valence-electron chi connectivity index (χ4n) is 3.01. The van der Waals surface area contributed by atoms with Crippen LogP contribution in [0.5, 0.6) is 0 Å². The molecule has 1 aliphatic heterocycles. The maximum Gasteiger partial charge on any atom is 0.293 e. The summed E-state index contributed by atoms with van der Waals surface area (Å²) >= 11 is 0. The van der Waals surface area contributed by atoms with Crippen LogP contribution < -0.4 is 15.8 Å². The second-order valence-electron chi connectivity index (χ2n) is 5.91. The van der Waals surface area contributed by atoms with E-state index in [-0.39, 0.29) is 5.56 Å². The van der Waals surface area contributed by atoms with Crippen LogP contribution in [-0.2, 0) is 6.54 Å². The van der Waals surface area contributed by atoms with Gasteiger partial charge in [-0.15, -0.1) is 0 Å². The summed E-state index contributed by atoms with van der Waals surface area (Å²) < 4.78 is 1.78. The monoisotopic (exact) mass is 292 g/mol. The zero-order chi connectivity index (χ0) is 15.1. The summed E-state index contributed by atoms with van der Waals surface area (Å²) in [7, 11) is 0. The lowest BCUT2D eigenvalue weighted by molar-refractivity contribution is 0.375. The Morgan fingerprint density at radius 1 is 1.43 bits per heavy atom. The SMILES string of the molecule is CCCN(CC1CCCNC1)c1nccn(CCC)c1=O. The lowest BCUT2D eigenvalue weighted by Crippen LogP contribution is -2.41. The summed E-state index contributed by atoms with van der Waals surface area (Å²) in [6.45, 7) is 9.00. The van der Waals surface area contributed by atoms with Crippen molar-refractivity contribution in [1.29, 1.82) is 0 Å². The van der Waals surface area contributed by atoms with Crippen LogP contribution in [0, 0.1) is 5.92 Å². The van der Waals surface area contributed by atoms with Gasteiger partial charge in [0.15, 0.2) is 5.82 Å². The fourth-order valence-corrected chi connectivity index (χ4v) is 3.01. The number of aromatic nitrogens is 2. The van der Waals surface area contributed by atoms with E-state index < -0.39 is 0 Å². The molecule has 0 saturated carbocycles. The van der Waals surface area contributed by atoms with Crippen LogP contribution in [0.25, 0.3) is 0 Å². The molecule has 1 unspecified atom stereocenters. The first-order valence-corrected chi connectivity index (χ1v) is 8.27. The van der Waals surface area contributed by atoms with Crippen molar-refractivity contribution in [3.05, 3.63) is 22.7 Å². The van der Waals surface area contributed by atoms with Gasteiger partial charge in [-0.3, -0.25) is 4.79 Å². The summed E-state index contributed by atoms with van der Waals surface area (Å²) in [5.41, 5.74) is 0.0524. The molecular weight excluding hydrogens is 264 g/mol. The standard InChI is InChI=1S/C16H28N4O/c1-3-9-19-11-8-18-15(16(19)21)20(10-4-2)13-14-6-5-7-17-12-14/h8,11,14,17H,3-7,9-10,12-13H2,1-2H3. The Balaban J connectivity index is 2.16. The van der Waals surface area contributed by atoms with Gasteiger partial charge >= 0.3 is 0 Å². The smallest absolute Gasteiger partial charge is 0.293 e. The van der Waals surface area contributed by atoms with Crippen molar-refractivity contribution in [2.75, 3.05) is 31.1 Å². The van der Waals surface area contributed by atoms with E-state index in [9.17, 15) is 4.79 Å². The highest BCUT2D eigenvalue weighted by Gasteiger charge is 2.20. The Bertz CT molecular complexity index is 479. The van der Waals surface area contributed by atoms with Gasteiger partial charge in [0.25, 0.3) is 5.56 Å². The van der Waals surface area contributed by atoms with E-state index in [0.717, 1.165) is 45.6 Å². The maximum atomic E-state index is 12.6. The van der Waals surface area contributed by atoms with Crippen molar-refractivity contribution in [2.24, 2.45) is 5.92 Å². The van der Waals surface area contributed by atoms with E-state index >= 15 is 0 Å². The van der Waals surface area contributed by atoms with Gasteiger partial charge in [0.05, 0.1) is 0 Å². The van der Waals surface area contributed by atoms with Crippen molar-refractivity contribution >= 4 is 5.82 Å². The number of hydrogen-bond donors (Lipinski definition) is 1. The van der Waals surface area contributed by atoms with Crippen LogP contribution in [0.15, 0.2) is 17.2 Å². The van der Waals surface area contributed by atoms with E-state index in [1.807, 2.05) is 0 Å². The van der Waals surface area contributed by atoms with Crippen LogP contribution in [-0.4, -0.2) is 35.7 Å². The van der Waals surface area contributed by atoms with Gasteiger partial charge in [0.2, 0.25) is 0 Å². The van der Waals surface area contributed by atoms with Gasteiger partial charge in [-0.05, 0) is 44.7 Å². The minimum absolute atomic E-state index is 0.0524. The van der Waals surface area contributed by atoms with Gasteiger partial charge in [0.1, 0.15) is 0 Å². The number of hydrogen-bond acceptors (Lipinski definition) is 4. The van der Waals surface area contributed by atoms with Crippen molar-refractivity contribution < 1.29 is 0 Å². The molecule has 0 amide bonds. The predicted molar refractivity (Wildman–Crippen MR) is 86.9 cm³/mol. The molecule has 1 N–H and O–H groups in total. The fraction of sp³-hybridized carbons (Fsp3) is 0.750. The third kappa shape index (κ3) is 4.30. The largest absolute Gasteiger partial charge is 0.352 e. The molecule has 2 rings (SSSR count). The summed E-state index contributed by atoms with van der Waals surface area (Å²) in [5.74, 6) is 1.24. The first kappa shape index (κ1) is 16.0. The summed E-state index contributed by atoms with van der Waals surface area (Å²) in [6.07, 6.45) is 8.01. The first-order valence-electron chi connectivity index (χ1n) is 8.27. The topological polar surface area (TPSA) is 50.2 Å². The summed E-state index contributed by atoms with van der Waals surface area (Å²) in [6, 6.07) is 0. The molecular formula is C16H28N4O. The molecule has 2 heterocycles. The van der Waals surface area contributed by atoms with Crippen LogP contribution in [0.1, 0.15) is 39.5 Å². The van der Waals surface area contributed by atoms with Crippen LogP contribution in [0.2, 0.25) is 0 Å². The van der Waals surface area contributed by atoms with Gasteiger partial charge in [0, 0.05) is 32.0 Å². The lowest BCUT2D eigenvalue weighted by atomic mass is 9.99. The Morgan fingerprint density at radius 3 is 2.95 bits per heavy atom. The normalized spacial score (nSPS) is 18.7. The first-order chi connectivity index (χ1) is 10.3. The molecule has 0 bridgehead atoms. The molecule has 0 aliphatic carbocycles. The lowest BCUT2D eigenvalue weighted by Gasteiger charge is -2.30. The van der Waals surface area contributed by atoms with Gasteiger partial charge in [-0.2, -0.15) is 0 Å². The second-order valence-corrected chi connectivity index (χ2v) is 5.91. The van der Waals surface area contributed by atoms with Gasteiger partial charge in [-0.1, -0.05) is 13.8 Å². The molecule has 0 aromatic carbocycles. The second kappa shape index (κ2) is 8.17. The number of aryl methyl sites for hydroxylation is 1. The van der Waals surface area contributed by atoms with E-state index in [1.54, 1.807) is 17.0 Å². The third-order valence-corrected chi connectivity index (χ3v) is 4.03. The number of rotatable bonds is 7. The molecule has 5 nitrogen and oxygen atoms in total. The van der Waals surface area contributed by atoms with E-state index in [0.29, 0.717) is 11.7 Å². The zero-order valence-electron chi connectivity index (χ0n) is 13.3. The zero-order valence-corrected chi connectivity index (χ0v) is 13.3. The molecule has 1 atom stereocenters. The van der Waals surface area contributed by atoms with Crippen molar-refractivity contribution in [1.82, 2.24) is 14.9 Å². The summed E-state index contributed by atoms with van der Waals surface area (Å²) in [4.78, 5) is 19.1. The van der Waals surface area contributed by atoms with Crippen molar-refractivity contribution in [3.8, 4) is 0 Å². The number of nitrogens with one attached hydrogen (secondary N) is 1. The van der Waals surface area contributed by atoms with E-state index in [1.165, 1.54) is 12.8 Å². The molecule has 118 valence electrons. The number of piperidine rings is 1. The molecule has 1 aromatic rings. The van der Waals surface area contributed by atoms with E-state index in [4.69, 9.17) is 0 Å². The molecule has 1 aliphatic rings. The molecule has 1 fully saturated rings. The predicted octanol–water partition coefficient (Wildman–Crippen LogP) is 1.87. The summed E-state index contributed by atoms with van der Waals surface area (Å²) in [5, 5.41) is 3.45. The molecule has 5 heteroatoms. The van der Waals surface area contributed by atoms with Gasteiger partial charge in [-0.25, -0.2) is 4.98 Å². The van der Waals surface area contributed by atoms with Gasteiger partial charge < -0.3 is 14.8 Å². The number of nitrogens with zero attached hydrogens (tertiary/aromatic N) is 3. The minimum atomic E-state index is 0.0524. The maximum absolute atomic E-state index is 12.6. The quantitative estimate of drug-likeness (QED) is 0.833. The molecule has 21 heavy (non-hydrogen) atoms. The average Bonchev–Trinajstić information content (AvgIpc) is 2.50. The Hall–Kier alpha value is -1.36. The highest BCUT2D eigenvalue weighted by molar-refractivity contribution is 5.35. The highest BCUT2D eigenvalue weighted by atomic mass is 16.1. The van der Waals surface area contributed by atoms with E-state index in [2.05, 4.69) is 29.0 Å². The minimum Gasteiger partial charge on any atom is -0.352 e. The molecule has 0 radical (unpaired) electrons. The Morgan fingerprint density at radius 2 is 2.29 bits per heavy atom. The van der Waals surface area contributed by atoms with Crippen molar-refractivity contribution in [3.63, 3.8) is 0 Å². The van der Waals surface area contributed by atoms with Crippen LogP contribution in [0.4, 0.5) is 5.82 Å². The van der Waals surface area contributed by atoms with Crippen LogP contribution >= 0.6 is 0 Å². The Labute approximate surface area is 127 Å². The molecule has 1 saturated heterocycles. The van der Waals surface area contributed by atoms with Crippen molar-refractivity contribution in [2.45, 2.75) is 46.1 Å². The van der Waals surface area contributed by atoms with Crippen LogP contribution in [0.3, 0.4) is 0 Å². The average molecular weight is 292 g/mol. The molecule has 1 aromatic heterocycles.